The molecular weight excluding hydrogens is 296 g/mol. The van der Waals surface area contributed by atoms with E-state index >= 15 is 0 Å². The second kappa shape index (κ2) is 5.63. The summed E-state index contributed by atoms with van der Waals surface area (Å²) in [6, 6.07) is 0.355. The molecule has 1 N–H and O–H groups in total. The first-order valence-electron chi connectivity index (χ1n) is 8.32. The van der Waals surface area contributed by atoms with Crippen LogP contribution in [0.2, 0.25) is 0 Å². The van der Waals surface area contributed by atoms with Crippen molar-refractivity contribution in [2.75, 3.05) is 13.2 Å². The topological polar surface area (TPSA) is 76.5 Å². The lowest BCUT2D eigenvalue weighted by Crippen LogP contribution is -2.41. The van der Waals surface area contributed by atoms with Crippen LogP contribution in [-0.2, 0) is 21.4 Å². The van der Waals surface area contributed by atoms with Crippen molar-refractivity contribution in [3.63, 3.8) is 0 Å². The second-order valence-electron chi connectivity index (χ2n) is 6.82. The number of carbonyl (C=O) groups excluding carboxylic acids is 2. The first-order chi connectivity index (χ1) is 11.1. The molecule has 7 nitrogen and oxygen atoms in total. The molecule has 3 heterocycles. The van der Waals surface area contributed by atoms with Gasteiger partial charge in [0.05, 0.1) is 24.3 Å². The number of nitrogens with zero attached hydrogens (tertiary/aromatic N) is 3. The van der Waals surface area contributed by atoms with Crippen LogP contribution in [0.25, 0.3) is 0 Å². The van der Waals surface area contributed by atoms with E-state index in [-0.39, 0.29) is 29.9 Å². The molecule has 1 aliphatic carbocycles. The number of aryl methyl sites for hydroxylation is 1. The highest BCUT2D eigenvalue weighted by atomic mass is 16.5. The number of carbonyl (C=O) groups is 2. The second-order valence-corrected chi connectivity index (χ2v) is 6.82. The van der Waals surface area contributed by atoms with Crippen LogP contribution >= 0.6 is 0 Å². The summed E-state index contributed by atoms with van der Waals surface area (Å²) in [7, 11) is 1.85. The minimum Gasteiger partial charge on any atom is -0.373 e. The van der Waals surface area contributed by atoms with Crippen molar-refractivity contribution in [1.29, 1.82) is 0 Å². The van der Waals surface area contributed by atoms with Crippen molar-refractivity contribution in [2.45, 2.75) is 43.9 Å². The Morgan fingerprint density at radius 2 is 2.22 bits per heavy atom. The lowest BCUT2D eigenvalue weighted by atomic mass is 9.96. The molecule has 4 rings (SSSR count). The van der Waals surface area contributed by atoms with Crippen molar-refractivity contribution in [3.8, 4) is 0 Å². The molecule has 1 saturated carbocycles. The third-order valence-corrected chi connectivity index (χ3v) is 4.97. The van der Waals surface area contributed by atoms with Gasteiger partial charge in [0.15, 0.2) is 0 Å². The molecule has 2 aliphatic heterocycles. The van der Waals surface area contributed by atoms with E-state index in [4.69, 9.17) is 4.74 Å². The summed E-state index contributed by atoms with van der Waals surface area (Å²) in [6.07, 6.45) is 6.75. The summed E-state index contributed by atoms with van der Waals surface area (Å²) < 4.78 is 7.47. The Hall–Kier alpha value is -1.89. The van der Waals surface area contributed by atoms with Crippen molar-refractivity contribution in [3.05, 3.63) is 18.0 Å². The van der Waals surface area contributed by atoms with Crippen LogP contribution in [0, 0.1) is 5.92 Å². The highest BCUT2D eigenvalue weighted by Gasteiger charge is 2.42. The van der Waals surface area contributed by atoms with Gasteiger partial charge in [-0.3, -0.25) is 14.3 Å². The maximum Gasteiger partial charge on any atom is 0.226 e. The van der Waals surface area contributed by atoms with Gasteiger partial charge in [-0.2, -0.15) is 5.10 Å². The Balaban J connectivity index is 1.39. The van der Waals surface area contributed by atoms with E-state index < -0.39 is 0 Å². The smallest absolute Gasteiger partial charge is 0.226 e. The Morgan fingerprint density at radius 3 is 2.91 bits per heavy atom. The summed E-state index contributed by atoms with van der Waals surface area (Å²) in [4.78, 5) is 26.6. The third-order valence-electron chi connectivity index (χ3n) is 4.97. The molecule has 0 radical (unpaired) electrons. The summed E-state index contributed by atoms with van der Waals surface area (Å²) in [5, 5.41) is 7.22. The summed E-state index contributed by atoms with van der Waals surface area (Å²) in [6.45, 7) is 1.23. The number of likely N-dealkylation sites (tertiary alicyclic amines) is 1. The number of rotatable bonds is 4. The Kier molecular flexibility index (Phi) is 3.60. The van der Waals surface area contributed by atoms with Crippen LogP contribution in [0.5, 0.6) is 0 Å². The monoisotopic (exact) mass is 318 g/mol. The highest BCUT2D eigenvalue weighted by molar-refractivity contribution is 5.84. The maximum atomic E-state index is 12.6. The lowest BCUT2D eigenvalue weighted by Gasteiger charge is -2.20. The molecule has 0 unspecified atom stereocenters. The zero-order valence-electron chi connectivity index (χ0n) is 13.3. The van der Waals surface area contributed by atoms with Gasteiger partial charge in [-0.1, -0.05) is 0 Å². The van der Waals surface area contributed by atoms with E-state index in [0.29, 0.717) is 32.0 Å². The number of ether oxygens (including phenoxy) is 1. The van der Waals surface area contributed by atoms with Gasteiger partial charge in [0, 0.05) is 44.4 Å². The van der Waals surface area contributed by atoms with Gasteiger partial charge in [0.2, 0.25) is 11.8 Å². The quantitative estimate of drug-likeness (QED) is 0.870. The highest BCUT2D eigenvalue weighted by Crippen LogP contribution is 2.35. The molecule has 3 aliphatic rings. The van der Waals surface area contributed by atoms with E-state index in [2.05, 4.69) is 10.4 Å². The molecule has 1 aromatic heterocycles. The van der Waals surface area contributed by atoms with Gasteiger partial charge in [-0.25, -0.2) is 0 Å². The number of hydrogen-bond donors (Lipinski definition) is 1. The van der Waals surface area contributed by atoms with Crippen LogP contribution in [-0.4, -0.2) is 51.7 Å². The van der Waals surface area contributed by atoms with Crippen LogP contribution in [0.3, 0.4) is 0 Å². The molecule has 2 saturated heterocycles. The van der Waals surface area contributed by atoms with Crippen molar-refractivity contribution >= 4 is 11.8 Å². The van der Waals surface area contributed by atoms with Gasteiger partial charge in [-0.15, -0.1) is 0 Å². The maximum absolute atomic E-state index is 12.6. The van der Waals surface area contributed by atoms with Crippen LogP contribution < -0.4 is 5.32 Å². The van der Waals surface area contributed by atoms with Crippen molar-refractivity contribution in [2.24, 2.45) is 13.0 Å². The van der Waals surface area contributed by atoms with Gasteiger partial charge in [-0.05, 0) is 19.3 Å². The molecule has 0 aromatic carbocycles. The molecule has 0 bridgehead atoms. The molecule has 7 heteroatoms. The molecule has 23 heavy (non-hydrogen) atoms. The zero-order chi connectivity index (χ0) is 16.0. The van der Waals surface area contributed by atoms with Gasteiger partial charge < -0.3 is 15.0 Å². The molecule has 0 spiro atoms. The van der Waals surface area contributed by atoms with Gasteiger partial charge in [0.25, 0.3) is 0 Å². The average molecular weight is 318 g/mol. The lowest BCUT2D eigenvalue weighted by molar-refractivity contribution is -0.128. The molecule has 1 aromatic rings. The van der Waals surface area contributed by atoms with Crippen LogP contribution in [0.15, 0.2) is 12.4 Å². The predicted octanol–water partition coefficient (Wildman–Crippen LogP) is 0.377. The summed E-state index contributed by atoms with van der Waals surface area (Å²) in [5.41, 5.74) is 0.937. The van der Waals surface area contributed by atoms with Gasteiger partial charge >= 0.3 is 0 Å². The first kappa shape index (κ1) is 14.7. The van der Waals surface area contributed by atoms with Crippen LogP contribution in [0.1, 0.15) is 37.4 Å². The van der Waals surface area contributed by atoms with Crippen molar-refractivity contribution < 1.29 is 14.3 Å². The standard InChI is InChI=1S/C16H22N4O3/c1-19-8-10(7-17-19)15-13(4-5-23-15)16(22)18-11-6-14(21)20(9-11)12-2-3-12/h7-8,11-13,15H,2-6,9H2,1H3,(H,18,22)/t11-,13+,15-/m1/s1. The minimum absolute atomic E-state index is 0.00759. The molecule has 2 amide bonds. The van der Waals surface area contributed by atoms with E-state index in [1.54, 1.807) is 10.9 Å². The minimum atomic E-state index is -0.236. The largest absolute Gasteiger partial charge is 0.373 e. The SMILES string of the molecule is Cn1cc([C@H]2OCC[C@@H]2C(=O)N[C@@H]2CC(=O)N(C3CC3)C2)cn1. The fraction of sp³-hybridized carbons (Fsp3) is 0.688. The number of aromatic nitrogens is 2. The summed E-state index contributed by atoms with van der Waals surface area (Å²) >= 11 is 0. The fourth-order valence-corrected chi connectivity index (χ4v) is 3.65. The van der Waals surface area contributed by atoms with E-state index in [1.165, 1.54) is 0 Å². The molecule has 3 fully saturated rings. The predicted molar refractivity (Wildman–Crippen MR) is 81.3 cm³/mol. The fourth-order valence-electron chi connectivity index (χ4n) is 3.65. The number of nitrogens with one attached hydrogen (secondary N) is 1. The Morgan fingerprint density at radius 1 is 1.39 bits per heavy atom. The molecular formula is C16H22N4O3. The van der Waals surface area contributed by atoms with Gasteiger partial charge in [0.1, 0.15) is 0 Å². The first-order valence-corrected chi connectivity index (χ1v) is 8.32. The third kappa shape index (κ3) is 2.85. The van der Waals surface area contributed by atoms with E-state index in [1.807, 2.05) is 18.1 Å². The Bertz CT molecular complexity index is 625. The Labute approximate surface area is 135 Å². The summed E-state index contributed by atoms with van der Waals surface area (Å²) in [5.74, 6) is -0.0413. The molecule has 3 atom stereocenters. The van der Waals surface area contributed by atoms with Crippen molar-refractivity contribution in [1.82, 2.24) is 20.0 Å². The normalized spacial score (nSPS) is 30.9. The number of hydrogen-bond acceptors (Lipinski definition) is 4. The van der Waals surface area contributed by atoms with Crippen LogP contribution in [0.4, 0.5) is 0 Å². The van der Waals surface area contributed by atoms with E-state index in [0.717, 1.165) is 18.4 Å². The van der Waals surface area contributed by atoms with E-state index in [9.17, 15) is 9.59 Å². The zero-order valence-corrected chi connectivity index (χ0v) is 13.3. The molecule has 124 valence electrons. The number of amides is 2. The average Bonchev–Trinajstić information content (AvgIpc) is 2.93.